The molecule has 0 saturated carbocycles. The third-order valence-electron chi connectivity index (χ3n) is 6.67. The van der Waals surface area contributed by atoms with Crippen LogP contribution in [0, 0.1) is 6.92 Å². The van der Waals surface area contributed by atoms with Gasteiger partial charge in [-0.15, -0.1) is 0 Å². The molecule has 0 bridgehead atoms. The molecule has 0 N–H and O–H groups in total. The summed E-state index contributed by atoms with van der Waals surface area (Å²) in [6, 6.07) is 20.9. The standard InChI is InChI=1S/C16H23NO3.C13H23NOSi.C7H11O3.15K.15H/c1-3-19-15(18)16(20-4-2)10-11-17(13-16)12-14-8-6-5-7-9-14;1-15-11-14(12-16(2,3)4)10-13-8-6-5-7-9-13;1-4-9-6(3)7(8)10-5-2;;;;;;;;;;;;;;;;;;;;;;;;;;;;;;/h5-9H,3-4,10-13H2,1-2H3;5-9H,10-12H2,1-4H3;1,3-5H2,2H3;;;;;;;;;;;;;;;;;;;;;;;;;;;;;;/q;;16*+1;15*-1. The van der Waals surface area contributed by atoms with E-state index in [-0.39, 0.29) is 811 Å². The fraction of sp³-hybridized carbons (Fsp3) is 0.528. The number of hydrogen-bond donors (Lipinski definition) is 0. The average molecular weight is 1260 g/mol. The van der Waals surface area contributed by atoms with Gasteiger partial charge in [-0.2, -0.15) is 0 Å². The summed E-state index contributed by atoms with van der Waals surface area (Å²) in [7, 11) is 0.701. The van der Waals surface area contributed by atoms with Crippen LogP contribution in [0.2, 0.25) is 19.6 Å². The Morgan fingerprint density at radius 2 is 1.16 bits per heavy atom. The summed E-state index contributed by atoms with van der Waals surface area (Å²) < 4.78 is 25.5. The van der Waals surface area contributed by atoms with Crippen LogP contribution in [0.3, 0.4) is 0 Å². The van der Waals surface area contributed by atoms with Crippen LogP contribution < -0.4 is 771 Å². The molecule has 286 valence electrons. The number of methoxy groups -OCH3 is 1. The van der Waals surface area contributed by atoms with Gasteiger partial charge in [0.05, 0.1) is 28.0 Å². The maximum absolute atomic E-state index is 12.2. The molecule has 61 heavy (non-hydrogen) atoms. The Hall–Kier alpha value is 21.4. The second-order valence-corrected chi connectivity index (χ2v) is 17.5. The molecule has 1 aliphatic rings. The molecule has 0 amide bonds. The molecule has 0 radical (unpaired) electrons. The van der Waals surface area contributed by atoms with Gasteiger partial charge >= 0.3 is 783 Å². The summed E-state index contributed by atoms with van der Waals surface area (Å²) in [4.78, 5) is 27.5. The summed E-state index contributed by atoms with van der Waals surface area (Å²) in [5.41, 5.74) is 1.83. The number of carbonyl (C=O) groups is 2. The number of nitrogens with zero attached hydrogens (tertiary/aromatic N) is 2. The number of benzene rings is 2. The van der Waals surface area contributed by atoms with E-state index in [0.717, 1.165) is 26.4 Å². The Labute approximate surface area is 1030 Å². The Bertz CT molecular complexity index is 1220. The molecular formula is C36H72K15N2O7Si+. The monoisotopic (exact) mass is 1260 g/mol. The maximum Gasteiger partial charge on any atom is 1.00 e. The van der Waals surface area contributed by atoms with Gasteiger partial charge in [-0.25, -0.2) is 9.59 Å². The first-order valence-electron chi connectivity index (χ1n) is 16.0. The van der Waals surface area contributed by atoms with E-state index in [1.165, 1.54) is 17.3 Å². The summed E-state index contributed by atoms with van der Waals surface area (Å²) in [6.07, 6.45) is 1.88. The average Bonchev–Trinajstić information content (AvgIpc) is 3.42. The van der Waals surface area contributed by atoms with Gasteiger partial charge in [0.1, 0.15) is 6.92 Å². The van der Waals surface area contributed by atoms with Crippen LogP contribution in [0.4, 0.5) is 0 Å². The van der Waals surface area contributed by atoms with Crippen molar-refractivity contribution in [2.75, 3.05) is 59.5 Å². The number of esters is 2. The van der Waals surface area contributed by atoms with Crippen molar-refractivity contribution in [1.82, 2.24) is 9.80 Å². The molecule has 2 aromatic rings. The van der Waals surface area contributed by atoms with Gasteiger partial charge in [0.25, 0.3) is 0 Å². The van der Waals surface area contributed by atoms with E-state index in [1.54, 1.807) is 14.0 Å². The van der Waals surface area contributed by atoms with Crippen molar-refractivity contribution < 1.29 is 825 Å². The number of hydrogen-bond acceptors (Lipinski definition) is 9. The Balaban J connectivity index is -0.0000000128. The molecule has 3 rings (SSSR count). The number of ether oxygens (including phenoxy) is 5. The number of likely N-dealkylation sites (tertiary alicyclic amines) is 1. The van der Waals surface area contributed by atoms with Crippen molar-refractivity contribution in [3.05, 3.63) is 91.1 Å². The first-order chi connectivity index (χ1) is 21.9. The van der Waals surface area contributed by atoms with Crippen LogP contribution in [-0.4, -0.2) is 94.9 Å². The molecule has 1 fully saturated rings. The fourth-order valence-corrected chi connectivity index (χ4v) is 6.50. The van der Waals surface area contributed by atoms with E-state index < -0.39 is 19.6 Å². The molecule has 2 aromatic carbocycles. The van der Waals surface area contributed by atoms with Crippen molar-refractivity contribution in [2.24, 2.45) is 0 Å². The summed E-state index contributed by atoms with van der Waals surface area (Å²) >= 11 is 0. The van der Waals surface area contributed by atoms with Gasteiger partial charge in [0.15, 0.2) is 5.60 Å². The van der Waals surface area contributed by atoms with Crippen LogP contribution in [-0.2, 0) is 46.4 Å². The molecule has 1 aliphatic heterocycles. The van der Waals surface area contributed by atoms with Crippen molar-refractivity contribution in [2.45, 2.75) is 65.5 Å². The van der Waals surface area contributed by atoms with Crippen molar-refractivity contribution in [1.29, 1.82) is 0 Å². The zero-order valence-corrected chi connectivity index (χ0v) is 92.1. The van der Waals surface area contributed by atoms with E-state index in [9.17, 15) is 9.59 Å². The minimum absolute atomic E-state index is 0. The zero-order valence-electron chi connectivity index (χ0n) is 59.2. The van der Waals surface area contributed by atoms with E-state index in [1.807, 2.05) is 32.0 Å². The maximum atomic E-state index is 12.2. The molecule has 9 nitrogen and oxygen atoms in total. The van der Waals surface area contributed by atoms with Gasteiger partial charge in [-0.1, -0.05) is 80.3 Å². The SMILES string of the molecule is C=C(OC[CH2+])C(=O)OCC.CCOC(=O)C1(OCC)CCN(Cc2ccccc2)C1.COCN(Cc1ccccc1)C[Si](C)(C)C.[H-].[H-].[H-].[H-].[H-].[H-].[H-].[H-].[H-].[H-].[H-].[H-].[H-].[H-].[H-].[K+].[K+].[K+].[K+].[K+].[K+].[K+].[K+].[K+].[K+].[K+].[K+].[K+].[K+].[K+]. The van der Waals surface area contributed by atoms with Crippen LogP contribution in [0.5, 0.6) is 0 Å². The molecule has 0 spiro atoms. The summed E-state index contributed by atoms with van der Waals surface area (Å²) in [6.45, 7) is 24.8. The topological polar surface area (TPSA) is 86.8 Å². The molecule has 0 aliphatic carbocycles. The first kappa shape index (κ1) is 120. The summed E-state index contributed by atoms with van der Waals surface area (Å²) in [5, 5.41) is 0. The van der Waals surface area contributed by atoms with Gasteiger partial charge in [0.2, 0.25) is 12.4 Å². The van der Waals surface area contributed by atoms with Crippen molar-refractivity contribution in [3.63, 3.8) is 0 Å². The minimum atomic E-state index is -1.07. The number of carbonyl (C=O) groups excluding carboxylic acids is 2. The fourth-order valence-electron chi connectivity index (χ4n) is 4.95. The van der Waals surface area contributed by atoms with Crippen LogP contribution in [0.1, 0.15) is 59.7 Å². The van der Waals surface area contributed by atoms with E-state index >= 15 is 0 Å². The van der Waals surface area contributed by atoms with Crippen molar-refractivity contribution >= 4 is 20.0 Å². The number of rotatable bonds is 16. The van der Waals surface area contributed by atoms with Gasteiger partial charge in [-0.05, 0) is 44.6 Å². The van der Waals surface area contributed by atoms with Gasteiger partial charge in [-0.3, -0.25) is 9.80 Å². The third kappa shape index (κ3) is 67.2. The third-order valence-corrected chi connectivity index (χ3v) is 8.06. The summed E-state index contributed by atoms with van der Waals surface area (Å²) in [5.74, 6) is -0.736. The molecule has 1 heterocycles. The molecule has 1 unspecified atom stereocenters. The van der Waals surface area contributed by atoms with Crippen molar-refractivity contribution in [3.8, 4) is 0 Å². The van der Waals surface area contributed by atoms with E-state index in [4.69, 9.17) is 14.2 Å². The second-order valence-electron chi connectivity index (χ2n) is 12.0. The smallest absolute Gasteiger partial charge is 1.00 e. The predicted molar refractivity (Wildman–Crippen MR) is 203 cm³/mol. The predicted octanol–water partition coefficient (Wildman–Crippen LogP) is -37.1. The Morgan fingerprint density at radius 1 is 0.721 bits per heavy atom. The quantitative estimate of drug-likeness (QED) is 0.0407. The first-order valence-corrected chi connectivity index (χ1v) is 19.7. The van der Waals surface area contributed by atoms with Crippen LogP contribution in [0.15, 0.2) is 73.0 Å². The second kappa shape index (κ2) is 81.4. The molecule has 1 saturated heterocycles. The Morgan fingerprint density at radius 3 is 1.54 bits per heavy atom. The van der Waals surface area contributed by atoms with Crippen LogP contribution >= 0.6 is 0 Å². The van der Waals surface area contributed by atoms with Crippen LogP contribution in [0.25, 0.3) is 0 Å². The molecular weight excluding hydrogens is 1190 g/mol. The van der Waals surface area contributed by atoms with E-state index in [2.05, 4.69) is 94.9 Å². The van der Waals surface area contributed by atoms with E-state index in [0.29, 0.717) is 32.8 Å². The normalized spacial score (nSPS) is 12.1. The molecule has 25 heteroatoms. The van der Waals surface area contributed by atoms with Gasteiger partial charge in [0, 0.05) is 46.3 Å². The zero-order chi connectivity index (χ0) is 34.4. The molecule has 0 aromatic heterocycles. The van der Waals surface area contributed by atoms with Gasteiger partial charge < -0.3 is 45.1 Å². The Kier molecular flexibility index (Phi) is 160. The molecule has 1 atom stereocenters. The minimum Gasteiger partial charge on any atom is -1.00 e. The largest absolute Gasteiger partial charge is 1.00 e.